The van der Waals surface area contributed by atoms with Crippen molar-refractivity contribution in [2.45, 2.75) is 32.2 Å². The van der Waals surface area contributed by atoms with E-state index in [2.05, 4.69) is 17.3 Å². The highest BCUT2D eigenvalue weighted by Crippen LogP contribution is 2.38. The molecule has 1 fully saturated rings. The number of hydrogen-bond donors (Lipinski definition) is 1. The largest absolute Gasteiger partial charge is 0.319 e. The Morgan fingerprint density at radius 1 is 1.26 bits per heavy atom. The third-order valence-electron chi connectivity index (χ3n) is 4.22. The fourth-order valence-electron chi connectivity index (χ4n) is 3.44. The van der Waals surface area contributed by atoms with Gasteiger partial charge in [0, 0.05) is 25.2 Å². The van der Waals surface area contributed by atoms with Gasteiger partial charge in [-0.15, -0.1) is 0 Å². The lowest BCUT2D eigenvalue weighted by atomic mass is 9.85. The smallest absolute Gasteiger partial charge is 0.127 e. The molecule has 0 radical (unpaired) electrons. The Morgan fingerprint density at radius 2 is 1.95 bits per heavy atom. The second-order valence-corrected chi connectivity index (χ2v) is 6.00. The number of nitrogens with one attached hydrogen (secondary N) is 1. The van der Waals surface area contributed by atoms with Crippen molar-refractivity contribution in [2.24, 2.45) is 5.41 Å². The predicted molar refractivity (Wildman–Crippen MR) is 77.6 cm³/mol. The monoisotopic (exact) mass is 264 g/mol. The molecule has 0 aliphatic heterocycles. The maximum atomic E-state index is 13.7. The van der Waals surface area contributed by atoms with Crippen molar-refractivity contribution in [2.75, 3.05) is 27.2 Å². The van der Waals surface area contributed by atoms with Crippen molar-refractivity contribution in [3.63, 3.8) is 0 Å². The lowest BCUT2D eigenvalue weighted by Gasteiger charge is -2.33. The molecule has 1 aliphatic carbocycles. The molecule has 0 amide bonds. The Hall–Kier alpha value is -0.930. The van der Waals surface area contributed by atoms with Gasteiger partial charge in [0.25, 0.3) is 0 Å². The second-order valence-electron chi connectivity index (χ2n) is 6.00. The Bertz CT molecular complexity index is 399. The molecule has 0 bridgehead atoms. The third-order valence-corrected chi connectivity index (χ3v) is 4.22. The summed E-state index contributed by atoms with van der Waals surface area (Å²) in [6.45, 7) is 2.80. The van der Waals surface area contributed by atoms with Crippen LogP contribution in [0.25, 0.3) is 0 Å². The number of hydrogen-bond acceptors (Lipinski definition) is 2. The number of benzene rings is 1. The van der Waals surface area contributed by atoms with Crippen molar-refractivity contribution < 1.29 is 4.39 Å². The van der Waals surface area contributed by atoms with E-state index in [-0.39, 0.29) is 5.82 Å². The summed E-state index contributed by atoms with van der Waals surface area (Å²) in [6, 6.07) is 7.08. The third kappa shape index (κ3) is 3.77. The number of halogens is 1. The highest BCUT2D eigenvalue weighted by Gasteiger charge is 2.34. The molecule has 0 atom stereocenters. The fraction of sp³-hybridized carbons (Fsp3) is 0.625. The van der Waals surface area contributed by atoms with Gasteiger partial charge < -0.3 is 10.2 Å². The van der Waals surface area contributed by atoms with E-state index in [1.807, 2.05) is 19.2 Å². The molecule has 0 unspecified atom stereocenters. The SMILES string of the molecule is CNCC1(CN(C)Cc2ccccc2F)CCCC1. The van der Waals surface area contributed by atoms with Gasteiger partial charge in [0.2, 0.25) is 0 Å². The van der Waals surface area contributed by atoms with Crippen molar-refractivity contribution in [3.05, 3.63) is 35.6 Å². The lowest BCUT2D eigenvalue weighted by Crippen LogP contribution is -2.40. The van der Waals surface area contributed by atoms with Crippen LogP contribution in [0.3, 0.4) is 0 Å². The molecule has 1 aromatic rings. The summed E-state index contributed by atoms with van der Waals surface area (Å²) < 4.78 is 13.7. The van der Waals surface area contributed by atoms with Gasteiger partial charge >= 0.3 is 0 Å². The maximum absolute atomic E-state index is 13.7. The summed E-state index contributed by atoms with van der Waals surface area (Å²) in [4.78, 5) is 2.26. The Labute approximate surface area is 116 Å². The van der Waals surface area contributed by atoms with Crippen LogP contribution in [-0.2, 0) is 6.54 Å². The molecule has 2 rings (SSSR count). The van der Waals surface area contributed by atoms with E-state index in [4.69, 9.17) is 0 Å². The molecular formula is C16H25FN2. The molecule has 0 spiro atoms. The lowest BCUT2D eigenvalue weighted by molar-refractivity contribution is 0.169. The van der Waals surface area contributed by atoms with Crippen LogP contribution < -0.4 is 5.32 Å². The zero-order valence-electron chi connectivity index (χ0n) is 12.1. The zero-order valence-corrected chi connectivity index (χ0v) is 12.1. The number of rotatable bonds is 6. The fourth-order valence-corrected chi connectivity index (χ4v) is 3.44. The van der Waals surface area contributed by atoms with Crippen LogP contribution in [0.2, 0.25) is 0 Å². The van der Waals surface area contributed by atoms with Gasteiger partial charge in [0.1, 0.15) is 5.82 Å². The van der Waals surface area contributed by atoms with Gasteiger partial charge in [-0.1, -0.05) is 31.0 Å². The van der Waals surface area contributed by atoms with E-state index >= 15 is 0 Å². The van der Waals surface area contributed by atoms with Crippen molar-refractivity contribution in [3.8, 4) is 0 Å². The van der Waals surface area contributed by atoms with Crippen molar-refractivity contribution in [1.29, 1.82) is 0 Å². The summed E-state index contributed by atoms with van der Waals surface area (Å²) in [5.74, 6) is -0.0940. The van der Waals surface area contributed by atoms with Gasteiger partial charge in [0.05, 0.1) is 0 Å². The molecule has 19 heavy (non-hydrogen) atoms. The van der Waals surface area contributed by atoms with Crippen LogP contribution in [0.15, 0.2) is 24.3 Å². The van der Waals surface area contributed by atoms with Crippen LogP contribution in [0.1, 0.15) is 31.2 Å². The topological polar surface area (TPSA) is 15.3 Å². The normalized spacial score (nSPS) is 18.1. The average molecular weight is 264 g/mol. The van der Waals surface area contributed by atoms with E-state index in [1.54, 1.807) is 12.1 Å². The summed E-state index contributed by atoms with van der Waals surface area (Å²) in [7, 11) is 4.12. The van der Waals surface area contributed by atoms with Crippen LogP contribution in [0.4, 0.5) is 4.39 Å². The first-order chi connectivity index (χ1) is 9.15. The van der Waals surface area contributed by atoms with Crippen LogP contribution in [0.5, 0.6) is 0 Å². The molecular weight excluding hydrogens is 239 g/mol. The summed E-state index contributed by atoms with van der Waals surface area (Å²) >= 11 is 0. The molecule has 1 aliphatic rings. The molecule has 1 aromatic carbocycles. The van der Waals surface area contributed by atoms with Gasteiger partial charge in [-0.2, -0.15) is 0 Å². The van der Waals surface area contributed by atoms with Gasteiger partial charge in [-0.05, 0) is 38.4 Å². The maximum Gasteiger partial charge on any atom is 0.127 e. The van der Waals surface area contributed by atoms with Crippen LogP contribution >= 0.6 is 0 Å². The van der Waals surface area contributed by atoms with E-state index in [1.165, 1.54) is 25.7 Å². The molecule has 106 valence electrons. The second kappa shape index (κ2) is 6.49. The Balaban J connectivity index is 1.96. The highest BCUT2D eigenvalue weighted by atomic mass is 19.1. The standard InChI is InChI=1S/C16H25FN2/c1-18-12-16(9-5-6-10-16)13-19(2)11-14-7-3-4-8-15(14)17/h3-4,7-8,18H,5-6,9-13H2,1-2H3. The quantitative estimate of drug-likeness (QED) is 0.849. The first-order valence-corrected chi connectivity index (χ1v) is 7.22. The molecule has 0 aromatic heterocycles. The summed E-state index contributed by atoms with van der Waals surface area (Å²) in [5, 5.41) is 3.33. The van der Waals surface area contributed by atoms with Gasteiger partial charge in [-0.3, -0.25) is 0 Å². The first-order valence-electron chi connectivity index (χ1n) is 7.22. The minimum atomic E-state index is -0.0940. The van der Waals surface area contributed by atoms with E-state index in [0.717, 1.165) is 18.7 Å². The highest BCUT2D eigenvalue weighted by molar-refractivity contribution is 5.17. The Kier molecular flexibility index (Phi) is 4.94. The molecule has 3 heteroatoms. The number of nitrogens with zero attached hydrogens (tertiary/aromatic N) is 1. The van der Waals surface area contributed by atoms with Gasteiger partial charge in [-0.25, -0.2) is 4.39 Å². The molecule has 2 nitrogen and oxygen atoms in total. The molecule has 0 heterocycles. The first kappa shape index (κ1) is 14.5. The molecule has 1 saturated carbocycles. The van der Waals surface area contributed by atoms with Gasteiger partial charge in [0.15, 0.2) is 0 Å². The van der Waals surface area contributed by atoms with Crippen LogP contribution in [0, 0.1) is 11.2 Å². The minimum absolute atomic E-state index is 0.0940. The summed E-state index contributed by atoms with van der Waals surface area (Å²) in [6.07, 6.45) is 5.23. The summed E-state index contributed by atoms with van der Waals surface area (Å²) in [5.41, 5.74) is 1.18. The van der Waals surface area contributed by atoms with Crippen molar-refractivity contribution in [1.82, 2.24) is 10.2 Å². The minimum Gasteiger partial charge on any atom is -0.319 e. The zero-order chi connectivity index (χ0) is 13.7. The predicted octanol–water partition coefficient (Wildman–Crippen LogP) is 3.04. The van der Waals surface area contributed by atoms with E-state index in [9.17, 15) is 4.39 Å². The Morgan fingerprint density at radius 3 is 2.58 bits per heavy atom. The van der Waals surface area contributed by atoms with Crippen LogP contribution in [-0.4, -0.2) is 32.1 Å². The molecule has 0 saturated heterocycles. The average Bonchev–Trinajstić information content (AvgIpc) is 2.81. The van der Waals surface area contributed by atoms with E-state index in [0.29, 0.717) is 12.0 Å². The molecule has 1 N–H and O–H groups in total. The van der Waals surface area contributed by atoms with Crippen molar-refractivity contribution >= 4 is 0 Å². The van der Waals surface area contributed by atoms with E-state index < -0.39 is 0 Å².